The van der Waals surface area contributed by atoms with Gasteiger partial charge in [-0.3, -0.25) is 4.79 Å². The van der Waals surface area contributed by atoms with Crippen molar-refractivity contribution in [1.29, 1.82) is 0 Å². The van der Waals surface area contributed by atoms with Crippen LogP contribution >= 0.6 is 0 Å². The van der Waals surface area contributed by atoms with Crippen LogP contribution in [0.25, 0.3) is 0 Å². The number of methoxy groups -OCH3 is 1. The molecule has 4 heteroatoms. The van der Waals surface area contributed by atoms with Gasteiger partial charge in [-0.15, -0.1) is 0 Å². The molecule has 23 heavy (non-hydrogen) atoms. The zero-order valence-electron chi connectivity index (χ0n) is 13.9. The summed E-state index contributed by atoms with van der Waals surface area (Å²) in [5.74, 6) is -0.709. The number of halogens is 1. The molecular formula is C19H22FNO2. The summed E-state index contributed by atoms with van der Waals surface area (Å²) in [6.07, 6.45) is 0.757. The minimum atomic E-state index is -0.542. The Hall–Kier alpha value is -2.36. The second-order valence-corrected chi connectivity index (χ2v) is 5.63. The Morgan fingerprint density at radius 2 is 1.91 bits per heavy atom. The standard InChI is InChI=1S/C19H22FNO2/c1-5-17(14-7-6-12(2)13(3)10-14)21-19(22)15-8-9-18(23-4)16(20)11-15/h6-11,17H,5H2,1-4H3,(H,21,22)/t17-/m1/s1. The summed E-state index contributed by atoms with van der Waals surface area (Å²) in [7, 11) is 1.39. The monoisotopic (exact) mass is 315 g/mol. The van der Waals surface area contributed by atoms with Gasteiger partial charge in [-0.1, -0.05) is 25.1 Å². The first-order valence-electron chi connectivity index (χ1n) is 7.67. The maximum Gasteiger partial charge on any atom is 0.251 e. The average Bonchev–Trinajstić information content (AvgIpc) is 2.55. The number of nitrogens with one attached hydrogen (secondary N) is 1. The second kappa shape index (κ2) is 7.27. The largest absolute Gasteiger partial charge is 0.494 e. The highest BCUT2D eigenvalue weighted by atomic mass is 19.1. The van der Waals surface area contributed by atoms with Crippen molar-refractivity contribution in [2.75, 3.05) is 7.11 Å². The number of hydrogen-bond acceptors (Lipinski definition) is 2. The van der Waals surface area contributed by atoms with Crippen LogP contribution in [0, 0.1) is 19.7 Å². The second-order valence-electron chi connectivity index (χ2n) is 5.63. The smallest absolute Gasteiger partial charge is 0.251 e. The molecule has 0 aliphatic heterocycles. The van der Waals surface area contributed by atoms with Gasteiger partial charge in [0.2, 0.25) is 0 Å². The van der Waals surface area contributed by atoms with Gasteiger partial charge < -0.3 is 10.1 Å². The third kappa shape index (κ3) is 3.89. The number of benzene rings is 2. The fourth-order valence-corrected chi connectivity index (χ4v) is 2.45. The van der Waals surface area contributed by atoms with Crippen molar-refractivity contribution in [1.82, 2.24) is 5.32 Å². The molecule has 1 amide bonds. The first-order chi connectivity index (χ1) is 11.0. The molecule has 2 aromatic rings. The van der Waals surface area contributed by atoms with Crippen LogP contribution in [0.3, 0.4) is 0 Å². The Morgan fingerprint density at radius 3 is 2.48 bits per heavy atom. The van der Waals surface area contributed by atoms with E-state index in [4.69, 9.17) is 4.74 Å². The Balaban J connectivity index is 2.19. The molecule has 1 N–H and O–H groups in total. The average molecular weight is 315 g/mol. The van der Waals surface area contributed by atoms with Gasteiger partial charge in [-0.25, -0.2) is 4.39 Å². The van der Waals surface area contributed by atoms with E-state index in [1.807, 2.05) is 26.0 Å². The molecule has 1 atom stereocenters. The summed E-state index contributed by atoms with van der Waals surface area (Å²) in [5, 5.41) is 2.96. The first-order valence-corrected chi connectivity index (χ1v) is 7.67. The van der Waals surface area contributed by atoms with Crippen molar-refractivity contribution in [3.05, 3.63) is 64.5 Å². The fourth-order valence-electron chi connectivity index (χ4n) is 2.45. The summed E-state index contributed by atoms with van der Waals surface area (Å²) in [5.41, 5.74) is 3.74. The molecule has 0 aliphatic rings. The summed E-state index contributed by atoms with van der Waals surface area (Å²) in [6.45, 7) is 6.11. The molecule has 0 radical (unpaired) electrons. The third-order valence-electron chi connectivity index (χ3n) is 4.06. The maximum absolute atomic E-state index is 13.7. The van der Waals surface area contributed by atoms with Crippen molar-refractivity contribution < 1.29 is 13.9 Å². The lowest BCUT2D eigenvalue weighted by Gasteiger charge is -2.19. The molecule has 0 saturated heterocycles. The molecule has 3 nitrogen and oxygen atoms in total. The van der Waals surface area contributed by atoms with Gasteiger partial charge in [-0.2, -0.15) is 0 Å². The molecule has 0 heterocycles. The van der Waals surface area contributed by atoms with Crippen molar-refractivity contribution in [2.45, 2.75) is 33.2 Å². The molecule has 122 valence electrons. The van der Waals surface area contributed by atoms with Crippen LogP contribution in [0.2, 0.25) is 0 Å². The fraction of sp³-hybridized carbons (Fsp3) is 0.316. The quantitative estimate of drug-likeness (QED) is 0.891. The van der Waals surface area contributed by atoms with Gasteiger partial charge in [-0.05, 0) is 55.2 Å². The van der Waals surface area contributed by atoms with E-state index in [9.17, 15) is 9.18 Å². The molecule has 0 spiro atoms. The summed E-state index contributed by atoms with van der Waals surface area (Å²) in [6, 6.07) is 10.3. The van der Waals surface area contributed by atoms with Crippen LogP contribution < -0.4 is 10.1 Å². The van der Waals surface area contributed by atoms with Gasteiger partial charge in [0.05, 0.1) is 13.2 Å². The molecule has 0 aliphatic carbocycles. The van der Waals surface area contributed by atoms with Crippen molar-refractivity contribution in [3.63, 3.8) is 0 Å². The molecule has 0 fully saturated rings. The number of hydrogen-bond donors (Lipinski definition) is 1. The van der Waals surface area contributed by atoms with Crippen LogP contribution in [-0.4, -0.2) is 13.0 Å². The minimum absolute atomic E-state index is 0.105. The lowest BCUT2D eigenvalue weighted by Crippen LogP contribution is -2.28. The number of aryl methyl sites for hydroxylation is 2. The number of ether oxygens (including phenoxy) is 1. The lowest BCUT2D eigenvalue weighted by atomic mass is 9.99. The van der Waals surface area contributed by atoms with Gasteiger partial charge >= 0.3 is 0 Å². The van der Waals surface area contributed by atoms with E-state index in [-0.39, 0.29) is 23.3 Å². The molecular weight excluding hydrogens is 293 g/mol. The van der Waals surface area contributed by atoms with Crippen LogP contribution in [0.1, 0.15) is 46.4 Å². The van der Waals surface area contributed by atoms with Crippen LogP contribution in [0.5, 0.6) is 5.75 Å². The normalized spacial score (nSPS) is 11.9. The molecule has 0 bridgehead atoms. The highest BCUT2D eigenvalue weighted by Crippen LogP contribution is 2.22. The topological polar surface area (TPSA) is 38.3 Å². The molecule has 0 saturated carbocycles. The first kappa shape index (κ1) is 17.0. The lowest BCUT2D eigenvalue weighted by molar-refractivity contribution is 0.0935. The van der Waals surface area contributed by atoms with E-state index < -0.39 is 5.82 Å². The summed E-state index contributed by atoms with van der Waals surface area (Å²) < 4.78 is 18.6. The van der Waals surface area contributed by atoms with Gasteiger partial charge in [0.15, 0.2) is 11.6 Å². The highest BCUT2D eigenvalue weighted by Gasteiger charge is 2.16. The van der Waals surface area contributed by atoms with Crippen LogP contribution in [0.15, 0.2) is 36.4 Å². The van der Waals surface area contributed by atoms with Gasteiger partial charge in [0.1, 0.15) is 0 Å². The Morgan fingerprint density at radius 1 is 1.17 bits per heavy atom. The van der Waals surface area contributed by atoms with E-state index >= 15 is 0 Å². The molecule has 2 rings (SSSR count). The number of amides is 1. The Kier molecular flexibility index (Phi) is 5.37. The number of carbonyl (C=O) groups is 1. The number of rotatable bonds is 5. The van der Waals surface area contributed by atoms with Crippen molar-refractivity contribution >= 4 is 5.91 Å². The molecule has 0 aromatic heterocycles. The predicted octanol–water partition coefficient (Wildman–Crippen LogP) is 4.33. The predicted molar refractivity (Wildman–Crippen MR) is 89.4 cm³/mol. The van der Waals surface area contributed by atoms with E-state index in [1.165, 1.54) is 30.4 Å². The SMILES string of the molecule is CC[C@@H](NC(=O)c1ccc(OC)c(F)c1)c1ccc(C)c(C)c1. The molecule has 0 unspecified atom stereocenters. The van der Waals surface area contributed by atoms with E-state index in [1.54, 1.807) is 6.07 Å². The Bertz CT molecular complexity index is 713. The molecule has 2 aromatic carbocycles. The van der Waals surface area contributed by atoms with E-state index in [0.29, 0.717) is 0 Å². The van der Waals surface area contributed by atoms with Crippen LogP contribution in [0.4, 0.5) is 4.39 Å². The maximum atomic E-state index is 13.7. The zero-order valence-corrected chi connectivity index (χ0v) is 13.9. The number of carbonyl (C=O) groups excluding carboxylic acids is 1. The third-order valence-corrected chi connectivity index (χ3v) is 4.06. The van der Waals surface area contributed by atoms with E-state index in [2.05, 4.69) is 18.3 Å². The Labute approximate surface area is 136 Å². The van der Waals surface area contributed by atoms with E-state index in [0.717, 1.165) is 12.0 Å². The highest BCUT2D eigenvalue weighted by molar-refractivity contribution is 5.94. The van der Waals surface area contributed by atoms with Crippen molar-refractivity contribution in [2.24, 2.45) is 0 Å². The summed E-state index contributed by atoms with van der Waals surface area (Å²) >= 11 is 0. The van der Waals surface area contributed by atoms with Gasteiger partial charge in [0, 0.05) is 5.56 Å². The minimum Gasteiger partial charge on any atom is -0.494 e. The van der Waals surface area contributed by atoms with Gasteiger partial charge in [0.25, 0.3) is 5.91 Å². The summed E-state index contributed by atoms with van der Waals surface area (Å²) in [4.78, 5) is 12.4. The zero-order chi connectivity index (χ0) is 17.0. The van der Waals surface area contributed by atoms with Crippen LogP contribution in [-0.2, 0) is 0 Å². The van der Waals surface area contributed by atoms with Crippen molar-refractivity contribution in [3.8, 4) is 5.75 Å².